The van der Waals surface area contributed by atoms with E-state index in [-0.39, 0.29) is 7.33 Å². The molecular formula is C11H19NO2. The maximum Gasteiger partial charge on any atom is 0.221 e. The highest BCUT2D eigenvalue weighted by Gasteiger charge is 2.01. The summed E-state index contributed by atoms with van der Waals surface area (Å²) in [6.07, 6.45) is 0. The molecule has 14 heavy (non-hydrogen) atoms. The van der Waals surface area contributed by atoms with Crippen molar-refractivity contribution in [3.05, 3.63) is 24.3 Å². The fourth-order valence-electron chi connectivity index (χ4n) is 0.938. The van der Waals surface area contributed by atoms with E-state index in [1.165, 1.54) is 6.92 Å². The van der Waals surface area contributed by atoms with Gasteiger partial charge in [-0.3, -0.25) is 4.79 Å². The second-order valence-electron chi connectivity index (χ2n) is 2.38. The van der Waals surface area contributed by atoms with E-state index in [0.717, 1.165) is 0 Å². The zero-order valence-corrected chi connectivity index (χ0v) is 9.13. The number of carbonyl (C=O) groups excluding carboxylic acids is 1. The normalized spacial score (nSPS) is 8.29. The minimum Gasteiger partial charge on any atom is -0.495 e. The molecule has 0 spiro atoms. The number of ether oxygens (including phenoxy) is 1. The first kappa shape index (κ1) is 12.5. The summed E-state index contributed by atoms with van der Waals surface area (Å²) < 4.78 is 5.03. The van der Waals surface area contributed by atoms with E-state index in [1.807, 2.05) is 26.0 Å². The fourth-order valence-corrected chi connectivity index (χ4v) is 0.938. The summed E-state index contributed by atoms with van der Waals surface area (Å²) in [4.78, 5) is 10.7. The molecule has 80 valence electrons. The predicted molar refractivity (Wildman–Crippen MR) is 60.8 cm³/mol. The van der Waals surface area contributed by atoms with Crippen molar-refractivity contribution >= 4 is 11.6 Å². The van der Waals surface area contributed by atoms with Crippen LogP contribution in [0.15, 0.2) is 24.3 Å². The summed E-state index contributed by atoms with van der Waals surface area (Å²) in [5.74, 6) is 0.576. The standard InChI is InChI=1S/C9H11NO2.C2H6.H2/c1-7(11)10-8-5-3-4-6-9(8)12-2;1-2;/h3-6H,1-2H3,(H,10,11);1-2H3;1H. The van der Waals surface area contributed by atoms with Gasteiger partial charge in [0.1, 0.15) is 5.75 Å². The van der Waals surface area contributed by atoms with Gasteiger partial charge in [0, 0.05) is 8.35 Å². The zero-order chi connectivity index (χ0) is 11.0. The molecule has 1 N–H and O–H groups in total. The van der Waals surface area contributed by atoms with Crippen LogP contribution in [0.25, 0.3) is 0 Å². The molecule has 0 fully saturated rings. The van der Waals surface area contributed by atoms with E-state index in [9.17, 15) is 4.79 Å². The number of nitrogens with one attached hydrogen (secondary N) is 1. The summed E-state index contributed by atoms with van der Waals surface area (Å²) in [5, 5.41) is 2.66. The summed E-state index contributed by atoms with van der Waals surface area (Å²) in [6, 6.07) is 7.28. The molecule has 0 saturated heterocycles. The van der Waals surface area contributed by atoms with Crippen molar-refractivity contribution < 1.29 is 11.0 Å². The number of hydrogen-bond acceptors (Lipinski definition) is 2. The Labute approximate surface area is 86.6 Å². The quantitative estimate of drug-likeness (QED) is 0.791. The molecule has 1 amide bonds. The van der Waals surface area contributed by atoms with E-state index in [0.29, 0.717) is 11.4 Å². The first-order chi connectivity index (χ1) is 6.74. The van der Waals surface area contributed by atoms with Crippen LogP contribution in [0.1, 0.15) is 22.2 Å². The molecule has 3 nitrogen and oxygen atoms in total. The van der Waals surface area contributed by atoms with Crippen molar-refractivity contribution in [1.29, 1.82) is 0 Å². The van der Waals surface area contributed by atoms with Gasteiger partial charge in [0.2, 0.25) is 5.91 Å². The molecular weight excluding hydrogens is 178 g/mol. The Balaban J connectivity index is 0. The Morgan fingerprint density at radius 2 is 1.93 bits per heavy atom. The van der Waals surface area contributed by atoms with E-state index >= 15 is 0 Å². The lowest BCUT2D eigenvalue weighted by molar-refractivity contribution is -0.114. The van der Waals surface area contributed by atoms with E-state index in [1.54, 1.807) is 19.2 Å². The van der Waals surface area contributed by atoms with Gasteiger partial charge in [-0.15, -0.1) is 0 Å². The second kappa shape index (κ2) is 6.95. The number of amides is 1. The highest BCUT2D eigenvalue weighted by Crippen LogP contribution is 2.22. The minimum atomic E-state index is -0.0977. The predicted octanol–water partition coefficient (Wildman–Crippen LogP) is 2.93. The summed E-state index contributed by atoms with van der Waals surface area (Å²) >= 11 is 0. The number of benzene rings is 1. The van der Waals surface area contributed by atoms with Crippen molar-refractivity contribution in [2.75, 3.05) is 12.4 Å². The van der Waals surface area contributed by atoms with Crippen LogP contribution in [0.3, 0.4) is 0 Å². The average Bonchev–Trinajstić information content (AvgIpc) is 2.21. The third-order valence-corrected chi connectivity index (χ3v) is 1.42. The van der Waals surface area contributed by atoms with Crippen LogP contribution in [0.2, 0.25) is 0 Å². The van der Waals surface area contributed by atoms with E-state index in [4.69, 9.17) is 4.74 Å². The van der Waals surface area contributed by atoms with Gasteiger partial charge in [0.15, 0.2) is 0 Å². The summed E-state index contributed by atoms with van der Waals surface area (Å²) in [5.41, 5.74) is 0.701. The van der Waals surface area contributed by atoms with Gasteiger partial charge in [-0.1, -0.05) is 26.0 Å². The molecule has 0 atom stereocenters. The number of methoxy groups -OCH3 is 1. The second-order valence-corrected chi connectivity index (χ2v) is 2.38. The molecule has 3 heteroatoms. The Hall–Kier alpha value is -1.51. The number of rotatable bonds is 2. The Morgan fingerprint density at radius 1 is 1.36 bits per heavy atom. The number of anilines is 1. The lowest BCUT2D eigenvalue weighted by Gasteiger charge is -2.07. The minimum absolute atomic E-state index is 0. The van der Waals surface area contributed by atoms with Crippen molar-refractivity contribution in [2.45, 2.75) is 20.8 Å². The molecule has 0 aliphatic rings. The maximum absolute atomic E-state index is 10.7. The van der Waals surface area contributed by atoms with Crippen LogP contribution in [0.5, 0.6) is 5.75 Å². The van der Waals surface area contributed by atoms with Crippen molar-refractivity contribution in [3.8, 4) is 5.75 Å². The van der Waals surface area contributed by atoms with E-state index in [2.05, 4.69) is 5.32 Å². The van der Waals surface area contributed by atoms with Crippen molar-refractivity contribution in [3.63, 3.8) is 0 Å². The molecule has 0 heterocycles. The maximum atomic E-state index is 10.7. The van der Waals surface area contributed by atoms with Gasteiger partial charge >= 0.3 is 0 Å². The Kier molecular flexibility index (Phi) is 6.20. The third kappa shape index (κ3) is 3.94. The number of para-hydroxylation sites is 2. The smallest absolute Gasteiger partial charge is 0.221 e. The number of hydrogen-bond donors (Lipinski definition) is 1. The van der Waals surface area contributed by atoms with Gasteiger partial charge in [0.05, 0.1) is 12.8 Å². The van der Waals surface area contributed by atoms with Gasteiger partial charge in [-0.25, -0.2) is 0 Å². The van der Waals surface area contributed by atoms with Gasteiger partial charge in [-0.2, -0.15) is 0 Å². The van der Waals surface area contributed by atoms with Crippen LogP contribution in [-0.4, -0.2) is 13.0 Å². The van der Waals surface area contributed by atoms with Gasteiger partial charge < -0.3 is 10.1 Å². The number of carbonyl (C=O) groups is 1. The molecule has 0 radical (unpaired) electrons. The SMILES string of the molecule is CC.COc1ccccc1NC(C)=O.[HH]. The topological polar surface area (TPSA) is 38.3 Å². The van der Waals surface area contributed by atoms with Crippen LogP contribution in [-0.2, 0) is 4.79 Å². The van der Waals surface area contributed by atoms with Crippen LogP contribution in [0, 0.1) is 0 Å². The highest BCUT2D eigenvalue weighted by molar-refractivity contribution is 5.90. The molecule has 0 aliphatic heterocycles. The largest absolute Gasteiger partial charge is 0.495 e. The van der Waals surface area contributed by atoms with E-state index < -0.39 is 0 Å². The lowest BCUT2D eigenvalue weighted by atomic mass is 10.3. The third-order valence-electron chi connectivity index (χ3n) is 1.42. The summed E-state index contributed by atoms with van der Waals surface area (Å²) in [6.45, 7) is 5.46. The first-order valence-corrected chi connectivity index (χ1v) is 4.64. The van der Waals surface area contributed by atoms with Crippen LogP contribution < -0.4 is 10.1 Å². The van der Waals surface area contributed by atoms with Crippen molar-refractivity contribution in [1.82, 2.24) is 0 Å². The average molecular weight is 197 g/mol. The van der Waals surface area contributed by atoms with Crippen LogP contribution in [0.4, 0.5) is 5.69 Å². The molecule has 0 aromatic heterocycles. The monoisotopic (exact) mass is 197 g/mol. The van der Waals surface area contributed by atoms with Crippen molar-refractivity contribution in [2.24, 2.45) is 0 Å². The first-order valence-electron chi connectivity index (χ1n) is 4.64. The molecule has 0 aliphatic carbocycles. The Bertz CT molecular complexity index is 290. The Morgan fingerprint density at radius 3 is 2.43 bits per heavy atom. The fraction of sp³-hybridized carbons (Fsp3) is 0.364. The molecule has 0 unspecified atom stereocenters. The van der Waals surface area contributed by atoms with Gasteiger partial charge in [0.25, 0.3) is 0 Å². The molecule has 1 aromatic carbocycles. The molecule has 0 bridgehead atoms. The summed E-state index contributed by atoms with van der Waals surface area (Å²) in [7, 11) is 1.57. The molecule has 0 saturated carbocycles. The van der Waals surface area contributed by atoms with Gasteiger partial charge in [-0.05, 0) is 12.1 Å². The zero-order valence-electron chi connectivity index (χ0n) is 9.13. The molecule has 1 aromatic rings. The highest BCUT2D eigenvalue weighted by atomic mass is 16.5. The molecule has 1 rings (SSSR count). The van der Waals surface area contributed by atoms with Crippen LogP contribution >= 0.6 is 0 Å². The lowest BCUT2D eigenvalue weighted by Crippen LogP contribution is -2.06.